The molecule has 0 amide bonds. The number of methoxy groups -OCH3 is 1. The van der Waals surface area contributed by atoms with Gasteiger partial charge in [-0.05, 0) is 32.1 Å². The molecule has 0 atom stereocenters. The smallest absolute Gasteiger partial charge is 0.167 e. The maximum absolute atomic E-state index is 12.2. The van der Waals surface area contributed by atoms with Gasteiger partial charge in [0.05, 0.1) is 12.7 Å². The van der Waals surface area contributed by atoms with Crippen LogP contribution in [0.4, 0.5) is 0 Å². The van der Waals surface area contributed by atoms with Crippen molar-refractivity contribution in [2.24, 2.45) is 0 Å². The molecule has 0 saturated carbocycles. The van der Waals surface area contributed by atoms with Gasteiger partial charge in [-0.15, -0.1) is 0 Å². The number of hydrogen-bond acceptors (Lipinski definition) is 3. The van der Waals surface area contributed by atoms with Gasteiger partial charge in [0.15, 0.2) is 5.78 Å². The highest BCUT2D eigenvalue weighted by Crippen LogP contribution is 2.21. The number of Topliss-reactive ketones (excluding diaryl/α,β-unsaturated/α-hetero) is 1. The Morgan fingerprint density at radius 3 is 2.50 bits per heavy atom. The third-order valence-electron chi connectivity index (χ3n) is 3.20. The lowest BCUT2D eigenvalue weighted by atomic mass is 10.0. The number of aryl methyl sites for hydroxylation is 1. The molecule has 0 fully saturated rings. The third-order valence-corrected chi connectivity index (χ3v) is 3.20. The van der Waals surface area contributed by atoms with Gasteiger partial charge in [0.2, 0.25) is 0 Å². The molecule has 1 rings (SSSR count). The highest BCUT2D eigenvalue weighted by Gasteiger charge is 2.13. The first-order valence-electron chi connectivity index (χ1n) is 6.52. The van der Waals surface area contributed by atoms with Crippen LogP contribution in [0.25, 0.3) is 0 Å². The molecule has 0 radical (unpaired) electrons. The summed E-state index contributed by atoms with van der Waals surface area (Å²) in [6, 6.07) is 5.73. The molecule has 3 nitrogen and oxygen atoms in total. The number of nitrogens with zero attached hydrogens (tertiary/aromatic N) is 1. The number of ether oxygens (including phenoxy) is 1. The Bertz CT molecular complexity index is 397. The SMILES string of the molecule is CCN(CC)CCC(=O)c1cc(C)ccc1OC. The van der Waals surface area contributed by atoms with E-state index in [1.165, 1.54) is 0 Å². The Hall–Kier alpha value is -1.35. The summed E-state index contributed by atoms with van der Waals surface area (Å²) in [5.74, 6) is 0.826. The molecule has 0 aliphatic rings. The van der Waals surface area contributed by atoms with E-state index in [9.17, 15) is 4.79 Å². The van der Waals surface area contributed by atoms with Crippen molar-refractivity contribution in [3.8, 4) is 5.75 Å². The van der Waals surface area contributed by atoms with Gasteiger partial charge in [-0.1, -0.05) is 25.5 Å². The monoisotopic (exact) mass is 249 g/mol. The summed E-state index contributed by atoms with van der Waals surface area (Å²) in [7, 11) is 1.60. The average Bonchev–Trinajstić information content (AvgIpc) is 2.39. The molecular weight excluding hydrogens is 226 g/mol. The van der Waals surface area contributed by atoms with Crippen molar-refractivity contribution in [2.75, 3.05) is 26.7 Å². The third kappa shape index (κ3) is 3.84. The molecule has 0 aliphatic heterocycles. The Labute approximate surface area is 110 Å². The number of hydrogen-bond donors (Lipinski definition) is 0. The van der Waals surface area contributed by atoms with E-state index < -0.39 is 0 Å². The van der Waals surface area contributed by atoms with Crippen molar-refractivity contribution < 1.29 is 9.53 Å². The minimum Gasteiger partial charge on any atom is -0.496 e. The average molecular weight is 249 g/mol. The predicted octanol–water partition coefficient (Wildman–Crippen LogP) is 2.92. The number of carbonyl (C=O) groups is 1. The van der Waals surface area contributed by atoms with Crippen LogP contribution in [0.15, 0.2) is 18.2 Å². The predicted molar refractivity (Wildman–Crippen MR) is 74.5 cm³/mol. The molecule has 0 heterocycles. The minimum atomic E-state index is 0.155. The van der Waals surface area contributed by atoms with Crippen molar-refractivity contribution >= 4 is 5.78 Å². The fourth-order valence-corrected chi connectivity index (χ4v) is 1.97. The zero-order chi connectivity index (χ0) is 13.5. The van der Waals surface area contributed by atoms with Crippen LogP contribution in [0.1, 0.15) is 36.2 Å². The summed E-state index contributed by atoms with van der Waals surface area (Å²) < 4.78 is 5.25. The summed E-state index contributed by atoms with van der Waals surface area (Å²) in [6.45, 7) is 8.98. The highest BCUT2D eigenvalue weighted by atomic mass is 16.5. The van der Waals surface area contributed by atoms with E-state index in [-0.39, 0.29) is 5.78 Å². The molecule has 0 unspecified atom stereocenters. The van der Waals surface area contributed by atoms with Crippen LogP contribution in [0.2, 0.25) is 0 Å². The summed E-state index contributed by atoms with van der Waals surface area (Å²) in [4.78, 5) is 14.5. The van der Waals surface area contributed by atoms with Crippen molar-refractivity contribution in [3.63, 3.8) is 0 Å². The van der Waals surface area contributed by atoms with Gasteiger partial charge in [-0.3, -0.25) is 4.79 Å². The van der Waals surface area contributed by atoms with E-state index in [1.54, 1.807) is 7.11 Å². The van der Waals surface area contributed by atoms with Crippen LogP contribution in [0.3, 0.4) is 0 Å². The first-order valence-corrected chi connectivity index (χ1v) is 6.52. The lowest BCUT2D eigenvalue weighted by Crippen LogP contribution is -2.25. The molecule has 0 aromatic heterocycles. The number of benzene rings is 1. The molecule has 0 spiro atoms. The lowest BCUT2D eigenvalue weighted by molar-refractivity contribution is 0.0963. The summed E-state index contributed by atoms with van der Waals surface area (Å²) >= 11 is 0. The fraction of sp³-hybridized carbons (Fsp3) is 0.533. The van der Waals surface area contributed by atoms with E-state index in [0.717, 1.165) is 25.2 Å². The number of rotatable bonds is 7. The fourth-order valence-electron chi connectivity index (χ4n) is 1.97. The zero-order valence-electron chi connectivity index (χ0n) is 11.8. The van der Waals surface area contributed by atoms with Crippen molar-refractivity contribution in [2.45, 2.75) is 27.2 Å². The van der Waals surface area contributed by atoms with Crippen LogP contribution in [-0.2, 0) is 0 Å². The van der Waals surface area contributed by atoms with Crippen molar-refractivity contribution in [1.82, 2.24) is 4.90 Å². The first kappa shape index (κ1) is 14.7. The molecule has 0 N–H and O–H groups in total. The second-order valence-electron chi connectivity index (χ2n) is 4.40. The normalized spacial score (nSPS) is 10.7. The quantitative estimate of drug-likeness (QED) is 0.696. The largest absolute Gasteiger partial charge is 0.496 e. The Balaban J connectivity index is 2.74. The van der Waals surface area contributed by atoms with Crippen LogP contribution in [0.5, 0.6) is 5.75 Å². The van der Waals surface area contributed by atoms with Gasteiger partial charge in [0, 0.05) is 13.0 Å². The summed E-state index contributed by atoms with van der Waals surface area (Å²) in [6.07, 6.45) is 0.543. The van der Waals surface area contributed by atoms with Crippen LogP contribution in [-0.4, -0.2) is 37.4 Å². The molecule has 0 bridgehead atoms. The molecule has 18 heavy (non-hydrogen) atoms. The van der Waals surface area contributed by atoms with Crippen LogP contribution in [0, 0.1) is 6.92 Å². The highest BCUT2D eigenvalue weighted by molar-refractivity contribution is 5.98. The van der Waals surface area contributed by atoms with Crippen LogP contribution >= 0.6 is 0 Å². The topological polar surface area (TPSA) is 29.5 Å². The van der Waals surface area contributed by atoms with Crippen molar-refractivity contribution in [3.05, 3.63) is 29.3 Å². The molecule has 100 valence electrons. The lowest BCUT2D eigenvalue weighted by Gasteiger charge is -2.17. The minimum absolute atomic E-state index is 0.155. The van der Waals surface area contributed by atoms with Crippen molar-refractivity contribution in [1.29, 1.82) is 0 Å². The van der Waals surface area contributed by atoms with Gasteiger partial charge >= 0.3 is 0 Å². The molecule has 1 aromatic rings. The molecule has 1 aromatic carbocycles. The maximum atomic E-state index is 12.2. The standard InChI is InChI=1S/C15H23NO2/c1-5-16(6-2)10-9-14(17)13-11-12(3)7-8-15(13)18-4/h7-8,11H,5-6,9-10H2,1-4H3. The maximum Gasteiger partial charge on any atom is 0.167 e. The molecule has 3 heteroatoms. The summed E-state index contributed by atoms with van der Waals surface area (Å²) in [5, 5.41) is 0. The Kier molecular flexibility index (Phi) is 5.86. The molecule has 0 aliphatic carbocycles. The number of ketones is 1. The van der Waals surface area contributed by atoms with E-state index in [0.29, 0.717) is 17.7 Å². The van der Waals surface area contributed by atoms with Gasteiger partial charge in [-0.2, -0.15) is 0 Å². The first-order chi connectivity index (χ1) is 8.62. The molecule has 0 saturated heterocycles. The zero-order valence-corrected chi connectivity index (χ0v) is 11.8. The van der Waals surface area contributed by atoms with Gasteiger partial charge in [0.25, 0.3) is 0 Å². The van der Waals surface area contributed by atoms with Gasteiger partial charge < -0.3 is 9.64 Å². The van der Waals surface area contributed by atoms with E-state index in [4.69, 9.17) is 4.74 Å². The Morgan fingerprint density at radius 1 is 1.28 bits per heavy atom. The summed E-state index contributed by atoms with van der Waals surface area (Å²) in [5.41, 5.74) is 1.78. The van der Waals surface area contributed by atoms with E-state index in [2.05, 4.69) is 18.7 Å². The van der Waals surface area contributed by atoms with E-state index >= 15 is 0 Å². The van der Waals surface area contributed by atoms with Gasteiger partial charge in [-0.25, -0.2) is 0 Å². The van der Waals surface area contributed by atoms with Crippen LogP contribution < -0.4 is 4.74 Å². The second-order valence-corrected chi connectivity index (χ2v) is 4.40. The number of carbonyl (C=O) groups excluding carboxylic acids is 1. The van der Waals surface area contributed by atoms with E-state index in [1.807, 2.05) is 25.1 Å². The second kappa shape index (κ2) is 7.17. The van der Waals surface area contributed by atoms with Gasteiger partial charge in [0.1, 0.15) is 5.75 Å². The Morgan fingerprint density at radius 2 is 1.94 bits per heavy atom. The molecular formula is C15H23NO2.